The van der Waals surface area contributed by atoms with Gasteiger partial charge in [0.25, 0.3) is 5.91 Å². The standard InChI is InChI=1S/C21H25N3O4/c1-15(2)24-21(27)23-12-16-8-10-18(11-9-16)20(26)22-13-19(25)28-14-17-6-4-3-5-7-17/h3-11,15H,12-14H2,1-2H3,(H,22,26)(H2,23,24,27). The van der Waals surface area contributed by atoms with Crippen molar-refractivity contribution in [3.05, 3.63) is 71.3 Å². The quantitative estimate of drug-likeness (QED) is 0.610. The van der Waals surface area contributed by atoms with Gasteiger partial charge in [0.1, 0.15) is 13.2 Å². The van der Waals surface area contributed by atoms with Crippen molar-refractivity contribution in [3.8, 4) is 0 Å². The highest BCUT2D eigenvalue weighted by Crippen LogP contribution is 2.05. The van der Waals surface area contributed by atoms with Gasteiger partial charge in [0, 0.05) is 18.2 Å². The number of esters is 1. The predicted octanol–water partition coefficient (Wildman–Crippen LogP) is 2.37. The summed E-state index contributed by atoms with van der Waals surface area (Å²) in [6, 6.07) is 15.9. The van der Waals surface area contributed by atoms with E-state index in [1.54, 1.807) is 24.3 Å². The Bertz CT molecular complexity index is 789. The molecule has 0 atom stereocenters. The number of ether oxygens (including phenoxy) is 1. The average Bonchev–Trinajstić information content (AvgIpc) is 2.69. The van der Waals surface area contributed by atoms with Crippen LogP contribution in [0, 0.1) is 0 Å². The first kappa shape index (κ1) is 21.0. The van der Waals surface area contributed by atoms with Gasteiger partial charge in [0.05, 0.1) is 0 Å². The minimum absolute atomic E-state index is 0.0606. The van der Waals surface area contributed by atoms with Crippen molar-refractivity contribution in [2.24, 2.45) is 0 Å². The van der Waals surface area contributed by atoms with Crippen molar-refractivity contribution in [1.29, 1.82) is 0 Å². The maximum atomic E-state index is 12.1. The van der Waals surface area contributed by atoms with Crippen LogP contribution in [0.25, 0.3) is 0 Å². The summed E-state index contributed by atoms with van der Waals surface area (Å²) in [6.45, 7) is 4.08. The van der Waals surface area contributed by atoms with E-state index in [4.69, 9.17) is 4.74 Å². The van der Waals surface area contributed by atoms with E-state index in [1.165, 1.54) is 0 Å². The Hall–Kier alpha value is -3.35. The third-order valence-corrected chi connectivity index (χ3v) is 3.72. The highest BCUT2D eigenvalue weighted by atomic mass is 16.5. The molecule has 2 aromatic carbocycles. The van der Waals surface area contributed by atoms with Gasteiger partial charge in [-0.1, -0.05) is 42.5 Å². The molecule has 7 heteroatoms. The first-order valence-corrected chi connectivity index (χ1v) is 9.05. The molecule has 148 valence electrons. The van der Waals surface area contributed by atoms with E-state index in [-0.39, 0.29) is 31.1 Å². The van der Waals surface area contributed by atoms with Crippen molar-refractivity contribution in [1.82, 2.24) is 16.0 Å². The Kier molecular flexibility index (Phi) is 8.02. The molecule has 0 aromatic heterocycles. The van der Waals surface area contributed by atoms with Gasteiger partial charge in [-0.05, 0) is 37.1 Å². The lowest BCUT2D eigenvalue weighted by Crippen LogP contribution is -2.39. The Balaban J connectivity index is 1.73. The fraction of sp³-hybridized carbons (Fsp3) is 0.286. The zero-order valence-corrected chi connectivity index (χ0v) is 16.0. The summed E-state index contributed by atoms with van der Waals surface area (Å²) in [7, 11) is 0. The molecule has 0 aliphatic rings. The molecule has 0 heterocycles. The van der Waals surface area contributed by atoms with Gasteiger partial charge >= 0.3 is 12.0 Å². The van der Waals surface area contributed by atoms with E-state index in [1.807, 2.05) is 44.2 Å². The highest BCUT2D eigenvalue weighted by molar-refractivity contribution is 5.95. The van der Waals surface area contributed by atoms with Crippen molar-refractivity contribution in [2.75, 3.05) is 6.54 Å². The first-order valence-electron chi connectivity index (χ1n) is 9.05. The molecule has 7 nitrogen and oxygen atoms in total. The van der Waals surface area contributed by atoms with Crippen LogP contribution in [0.15, 0.2) is 54.6 Å². The molecule has 0 aliphatic heterocycles. The van der Waals surface area contributed by atoms with Gasteiger partial charge in [-0.2, -0.15) is 0 Å². The van der Waals surface area contributed by atoms with Gasteiger partial charge in [-0.3, -0.25) is 9.59 Å². The van der Waals surface area contributed by atoms with Gasteiger partial charge in [0.15, 0.2) is 0 Å². The molecule has 0 bridgehead atoms. The van der Waals surface area contributed by atoms with Crippen LogP contribution in [0.4, 0.5) is 4.79 Å². The maximum Gasteiger partial charge on any atom is 0.325 e. The lowest BCUT2D eigenvalue weighted by molar-refractivity contribution is -0.143. The molecule has 0 radical (unpaired) electrons. The van der Waals surface area contributed by atoms with Crippen molar-refractivity contribution < 1.29 is 19.1 Å². The lowest BCUT2D eigenvalue weighted by Gasteiger charge is -2.10. The van der Waals surface area contributed by atoms with E-state index in [9.17, 15) is 14.4 Å². The molecule has 0 saturated heterocycles. The second kappa shape index (κ2) is 10.7. The fourth-order valence-corrected chi connectivity index (χ4v) is 2.31. The summed E-state index contributed by atoms with van der Waals surface area (Å²) in [6.07, 6.45) is 0. The number of urea groups is 1. The van der Waals surface area contributed by atoms with E-state index >= 15 is 0 Å². The Morgan fingerprint density at radius 3 is 2.21 bits per heavy atom. The third kappa shape index (κ3) is 7.49. The van der Waals surface area contributed by atoms with Gasteiger partial charge in [-0.25, -0.2) is 4.79 Å². The molecular weight excluding hydrogens is 358 g/mol. The van der Waals surface area contributed by atoms with Crippen molar-refractivity contribution in [3.63, 3.8) is 0 Å². The summed E-state index contributed by atoms with van der Waals surface area (Å²) in [5, 5.41) is 8.00. The van der Waals surface area contributed by atoms with Crippen LogP contribution in [0.2, 0.25) is 0 Å². The van der Waals surface area contributed by atoms with E-state index < -0.39 is 5.97 Å². The average molecular weight is 383 g/mol. The topological polar surface area (TPSA) is 96.5 Å². The van der Waals surface area contributed by atoms with Crippen LogP contribution in [0.5, 0.6) is 0 Å². The maximum absolute atomic E-state index is 12.1. The van der Waals surface area contributed by atoms with Crippen molar-refractivity contribution >= 4 is 17.9 Å². The van der Waals surface area contributed by atoms with Crippen LogP contribution in [-0.4, -0.2) is 30.5 Å². The summed E-state index contributed by atoms with van der Waals surface area (Å²) >= 11 is 0. The van der Waals surface area contributed by atoms with E-state index in [0.717, 1.165) is 11.1 Å². The molecule has 2 aromatic rings. The third-order valence-electron chi connectivity index (χ3n) is 3.72. The number of hydrogen-bond acceptors (Lipinski definition) is 4. The summed E-state index contributed by atoms with van der Waals surface area (Å²) in [5.41, 5.74) is 2.16. The van der Waals surface area contributed by atoms with Gasteiger partial charge in [0.2, 0.25) is 0 Å². The predicted molar refractivity (Wildman–Crippen MR) is 106 cm³/mol. The van der Waals surface area contributed by atoms with Gasteiger partial charge in [-0.15, -0.1) is 0 Å². The first-order chi connectivity index (χ1) is 13.4. The molecule has 28 heavy (non-hydrogen) atoms. The molecule has 0 saturated carbocycles. The summed E-state index contributed by atoms with van der Waals surface area (Å²) < 4.78 is 5.12. The number of hydrogen-bond donors (Lipinski definition) is 3. The number of nitrogens with one attached hydrogen (secondary N) is 3. The summed E-state index contributed by atoms with van der Waals surface area (Å²) in [5.74, 6) is -0.872. The number of carbonyl (C=O) groups is 3. The zero-order valence-electron chi connectivity index (χ0n) is 16.0. The Morgan fingerprint density at radius 1 is 0.893 bits per heavy atom. The second-order valence-electron chi connectivity index (χ2n) is 6.51. The Labute approximate surface area is 164 Å². The largest absolute Gasteiger partial charge is 0.460 e. The normalized spacial score (nSPS) is 10.2. The molecule has 0 unspecified atom stereocenters. The molecule has 3 N–H and O–H groups in total. The number of benzene rings is 2. The number of rotatable bonds is 8. The number of carbonyl (C=O) groups excluding carboxylic acids is 3. The molecular formula is C21H25N3O4. The van der Waals surface area contributed by atoms with Crippen LogP contribution in [0.3, 0.4) is 0 Å². The molecule has 0 fully saturated rings. The van der Waals surface area contributed by atoms with Crippen molar-refractivity contribution in [2.45, 2.75) is 33.0 Å². The SMILES string of the molecule is CC(C)NC(=O)NCc1ccc(C(=O)NCC(=O)OCc2ccccc2)cc1. The van der Waals surface area contributed by atoms with Crippen LogP contribution in [0.1, 0.15) is 35.3 Å². The highest BCUT2D eigenvalue weighted by Gasteiger charge is 2.09. The molecule has 3 amide bonds. The Morgan fingerprint density at radius 2 is 1.57 bits per heavy atom. The molecule has 0 spiro atoms. The molecule has 2 rings (SSSR count). The number of amides is 3. The van der Waals surface area contributed by atoms with E-state index in [2.05, 4.69) is 16.0 Å². The zero-order chi connectivity index (χ0) is 20.4. The van der Waals surface area contributed by atoms with Crippen LogP contribution < -0.4 is 16.0 Å². The smallest absolute Gasteiger partial charge is 0.325 e. The summed E-state index contributed by atoms with van der Waals surface area (Å²) in [4.78, 5) is 35.4. The minimum Gasteiger partial charge on any atom is -0.460 e. The van der Waals surface area contributed by atoms with E-state index in [0.29, 0.717) is 12.1 Å². The molecule has 0 aliphatic carbocycles. The second-order valence-corrected chi connectivity index (χ2v) is 6.51. The minimum atomic E-state index is -0.505. The fourth-order valence-electron chi connectivity index (χ4n) is 2.31. The van der Waals surface area contributed by atoms with Crippen LogP contribution >= 0.6 is 0 Å². The van der Waals surface area contributed by atoms with Gasteiger partial charge < -0.3 is 20.7 Å². The monoisotopic (exact) mass is 383 g/mol. The van der Waals surface area contributed by atoms with Crippen LogP contribution in [-0.2, 0) is 22.7 Å². The lowest BCUT2D eigenvalue weighted by atomic mass is 10.1.